The molecule has 9 nitrogen and oxygen atoms in total. The number of nitrogens with one attached hydrogen (secondary N) is 4. The lowest BCUT2D eigenvalue weighted by Gasteiger charge is -2.33. The van der Waals surface area contributed by atoms with E-state index in [9.17, 15) is 9.59 Å². The fourth-order valence-electron chi connectivity index (χ4n) is 2.41. The summed E-state index contributed by atoms with van der Waals surface area (Å²) in [5.41, 5.74) is -0.478. The first-order chi connectivity index (χ1) is 14.5. The second-order valence-electron chi connectivity index (χ2n) is 6.84. The van der Waals surface area contributed by atoms with Gasteiger partial charge in [0.2, 0.25) is 11.8 Å². The maximum Gasteiger partial charge on any atom is 0.243 e. The van der Waals surface area contributed by atoms with E-state index < -0.39 is 5.54 Å². The summed E-state index contributed by atoms with van der Waals surface area (Å²) in [7, 11) is 3.77. The van der Waals surface area contributed by atoms with E-state index in [-0.39, 0.29) is 11.8 Å². The molecule has 4 N–H and O–H groups in total. The number of hydrogen-bond donors (Lipinski definition) is 4. The molecule has 30 heavy (non-hydrogen) atoms. The van der Waals surface area contributed by atoms with E-state index in [1.165, 1.54) is 12.2 Å². The van der Waals surface area contributed by atoms with Gasteiger partial charge in [-0.25, -0.2) is 0 Å². The number of amides is 2. The quantitative estimate of drug-likeness (QED) is 0.150. The van der Waals surface area contributed by atoms with Gasteiger partial charge in [-0.3, -0.25) is 9.59 Å². The van der Waals surface area contributed by atoms with Crippen LogP contribution in [0.1, 0.15) is 19.3 Å². The van der Waals surface area contributed by atoms with Gasteiger partial charge in [0.1, 0.15) is 0 Å². The molecule has 0 aromatic heterocycles. The minimum absolute atomic E-state index is 0.188. The summed E-state index contributed by atoms with van der Waals surface area (Å²) < 4.78 is 17.5. The third kappa shape index (κ3) is 15.1. The lowest BCUT2D eigenvalue weighted by atomic mass is 10.0. The molecule has 0 aliphatic rings. The van der Waals surface area contributed by atoms with E-state index >= 15 is 0 Å². The highest BCUT2D eigenvalue weighted by atomic mass is 16.5. The summed E-state index contributed by atoms with van der Waals surface area (Å²) in [6, 6.07) is 0. The van der Waals surface area contributed by atoms with Crippen molar-refractivity contribution >= 4 is 11.8 Å². The Morgan fingerprint density at radius 3 is 1.50 bits per heavy atom. The number of likely N-dealkylation sites (N-methyl/N-ethyl adjacent to an activating group) is 1. The Balaban J connectivity index is 4.36. The minimum Gasteiger partial charge on any atom is -0.379 e. The van der Waals surface area contributed by atoms with E-state index in [2.05, 4.69) is 34.4 Å². The zero-order valence-corrected chi connectivity index (χ0v) is 18.6. The summed E-state index contributed by atoms with van der Waals surface area (Å²) in [4.78, 5) is 22.3. The predicted octanol–water partition coefficient (Wildman–Crippen LogP) is -0.0115. The van der Waals surface area contributed by atoms with Crippen LogP contribution < -0.4 is 21.3 Å². The fourth-order valence-corrected chi connectivity index (χ4v) is 2.41. The molecule has 0 aromatic carbocycles. The fraction of sp³-hybridized carbons (Fsp3) is 0.714. The van der Waals surface area contributed by atoms with Gasteiger partial charge in [0, 0.05) is 32.9 Å². The van der Waals surface area contributed by atoms with Crippen LogP contribution in [0.25, 0.3) is 0 Å². The molecule has 0 saturated heterocycles. The van der Waals surface area contributed by atoms with Crippen molar-refractivity contribution < 1.29 is 23.8 Å². The van der Waals surface area contributed by atoms with Crippen molar-refractivity contribution in [2.45, 2.75) is 24.8 Å². The van der Waals surface area contributed by atoms with E-state index in [4.69, 9.17) is 14.2 Å². The summed E-state index contributed by atoms with van der Waals surface area (Å²) in [5.74, 6) is -0.376. The van der Waals surface area contributed by atoms with Crippen molar-refractivity contribution in [3.05, 3.63) is 25.3 Å². The number of carbonyl (C=O) groups is 2. The van der Waals surface area contributed by atoms with E-state index in [1.54, 1.807) is 0 Å². The Bertz CT molecular complexity index is 456. The van der Waals surface area contributed by atoms with Gasteiger partial charge in [-0.1, -0.05) is 13.2 Å². The van der Waals surface area contributed by atoms with E-state index in [0.717, 1.165) is 13.0 Å². The van der Waals surface area contributed by atoms with Crippen molar-refractivity contribution in [3.8, 4) is 0 Å². The summed E-state index contributed by atoms with van der Waals surface area (Å²) in [6.07, 6.45) is 4.82. The van der Waals surface area contributed by atoms with Crippen LogP contribution >= 0.6 is 0 Å². The molecule has 0 fully saturated rings. The Kier molecular flexibility index (Phi) is 18.1. The highest BCUT2D eigenvalue weighted by molar-refractivity contribution is 5.87. The van der Waals surface area contributed by atoms with Gasteiger partial charge in [0.15, 0.2) is 0 Å². The van der Waals surface area contributed by atoms with Crippen molar-refractivity contribution in [1.29, 1.82) is 0 Å². The number of hydrogen-bond acceptors (Lipinski definition) is 7. The van der Waals surface area contributed by atoms with Crippen LogP contribution in [0.4, 0.5) is 0 Å². The molecule has 0 aromatic rings. The lowest BCUT2D eigenvalue weighted by Crippen LogP contribution is -2.55. The molecule has 0 atom stereocenters. The molecule has 0 spiro atoms. The predicted molar refractivity (Wildman–Crippen MR) is 118 cm³/mol. The Morgan fingerprint density at radius 1 is 0.767 bits per heavy atom. The lowest BCUT2D eigenvalue weighted by molar-refractivity contribution is -0.117. The van der Waals surface area contributed by atoms with Gasteiger partial charge in [0.25, 0.3) is 0 Å². The Hall–Kier alpha value is -1.78. The minimum atomic E-state index is -0.478. The third-order valence-corrected chi connectivity index (χ3v) is 4.28. The van der Waals surface area contributed by atoms with Gasteiger partial charge >= 0.3 is 0 Å². The van der Waals surface area contributed by atoms with Crippen molar-refractivity contribution in [2.24, 2.45) is 0 Å². The maximum atomic E-state index is 11.1. The number of rotatable bonds is 21. The van der Waals surface area contributed by atoms with E-state index in [1.807, 2.05) is 14.1 Å². The first kappa shape index (κ1) is 28.2. The van der Waals surface area contributed by atoms with Crippen LogP contribution in [0.5, 0.6) is 0 Å². The smallest absolute Gasteiger partial charge is 0.243 e. The molecule has 0 bridgehead atoms. The normalized spacial score (nSPS) is 11.1. The van der Waals surface area contributed by atoms with Gasteiger partial charge in [-0.15, -0.1) is 0 Å². The standard InChI is InChI=1S/C21H40N4O5/c1-5-19(26)24-11-8-14-29-17-21(23-4,16-28-13-7-10-22-3)18-30-15-9-12-25-20(27)6-2/h5-6,22-23H,1-2,7-18H2,3-4H3,(H,24,26)(H,25,27). The Labute approximate surface area is 181 Å². The maximum absolute atomic E-state index is 11.1. The highest BCUT2D eigenvalue weighted by Crippen LogP contribution is 2.09. The SMILES string of the molecule is C=CC(=O)NCCCOCC(COCCCNC)(COCCCNC(=O)C=C)NC. The molecular formula is C21H40N4O5. The average molecular weight is 429 g/mol. The van der Waals surface area contributed by atoms with Crippen LogP contribution in [0.2, 0.25) is 0 Å². The van der Waals surface area contributed by atoms with E-state index in [0.29, 0.717) is 65.6 Å². The molecule has 174 valence electrons. The second-order valence-corrected chi connectivity index (χ2v) is 6.84. The zero-order chi connectivity index (χ0) is 22.5. The van der Waals surface area contributed by atoms with Crippen LogP contribution in [-0.4, -0.2) is 90.7 Å². The number of ether oxygens (including phenoxy) is 3. The van der Waals surface area contributed by atoms with Crippen LogP contribution in [0, 0.1) is 0 Å². The average Bonchev–Trinajstić information content (AvgIpc) is 2.77. The highest BCUT2D eigenvalue weighted by Gasteiger charge is 2.29. The zero-order valence-electron chi connectivity index (χ0n) is 18.6. The van der Waals surface area contributed by atoms with Crippen molar-refractivity contribution in [2.75, 3.05) is 73.4 Å². The first-order valence-corrected chi connectivity index (χ1v) is 10.4. The van der Waals surface area contributed by atoms with Crippen molar-refractivity contribution in [3.63, 3.8) is 0 Å². The van der Waals surface area contributed by atoms with Crippen LogP contribution in [0.3, 0.4) is 0 Å². The largest absolute Gasteiger partial charge is 0.379 e. The molecule has 9 heteroatoms. The van der Waals surface area contributed by atoms with Crippen LogP contribution in [0.15, 0.2) is 25.3 Å². The third-order valence-electron chi connectivity index (χ3n) is 4.28. The van der Waals surface area contributed by atoms with Gasteiger partial charge in [-0.2, -0.15) is 0 Å². The topological polar surface area (TPSA) is 110 Å². The molecule has 0 saturated carbocycles. The monoisotopic (exact) mass is 428 g/mol. The van der Waals surface area contributed by atoms with Gasteiger partial charge in [-0.05, 0) is 52.1 Å². The molecule has 0 aliphatic carbocycles. The molecule has 0 rings (SSSR count). The molecule has 0 aliphatic heterocycles. The summed E-state index contributed by atoms with van der Waals surface area (Å²) in [6.45, 7) is 11.7. The molecule has 0 radical (unpaired) electrons. The van der Waals surface area contributed by atoms with Crippen molar-refractivity contribution in [1.82, 2.24) is 21.3 Å². The molecular weight excluding hydrogens is 388 g/mol. The second kappa shape index (κ2) is 19.2. The number of carbonyl (C=O) groups excluding carboxylic acids is 2. The Morgan fingerprint density at radius 2 is 1.17 bits per heavy atom. The van der Waals surface area contributed by atoms with Gasteiger partial charge in [0.05, 0.1) is 25.4 Å². The first-order valence-electron chi connectivity index (χ1n) is 10.4. The molecule has 0 unspecified atom stereocenters. The summed E-state index contributed by atoms with van der Waals surface area (Å²) >= 11 is 0. The van der Waals surface area contributed by atoms with Crippen LogP contribution in [-0.2, 0) is 23.8 Å². The summed E-state index contributed by atoms with van der Waals surface area (Å²) in [5, 5.41) is 11.8. The molecule has 2 amide bonds. The molecule has 0 heterocycles. The van der Waals surface area contributed by atoms with Gasteiger partial charge < -0.3 is 35.5 Å².